The Morgan fingerprint density at radius 2 is 1.67 bits per heavy atom. The highest BCUT2D eigenvalue weighted by atomic mass is 16.5. The molecule has 1 aliphatic rings. The maximum atomic E-state index is 6.28. The number of rotatable bonds is 4. The van der Waals surface area contributed by atoms with Crippen molar-refractivity contribution in [2.24, 2.45) is 0 Å². The molecular weight excluding hydrogens is 448 g/mol. The van der Waals surface area contributed by atoms with Crippen LogP contribution < -0.4 is 14.5 Å². The predicted molar refractivity (Wildman–Crippen MR) is 144 cm³/mol. The quantitative estimate of drug-likeness (QED) is 0.297. The fraction of sp³-hybridized carbons (Fsp3) is 0.207. The van der Waals surface area contributed by atoms with Crippen LogP contribution in [0.3, 0.4) is 0 Å². The average Bonchev–Trinajstić information content (AvgIpc) is 3.45. The molecule has 7 nitrogen and oxygen atoms in total. The van der Waals surface area contributed by atoms with Gasteiger partial charge in [0.15, 0.2) is 5.82 Å². The van der Waals surface area contributed by atoms with Gasteiger partial charge in [0.2, 0.25) is 0 Å². The largest absolute Gasteiger partial charge is 0.456 e. The Labute approximate surface area is 210 Å². The van der Waals surface area contributed by atoms with Crippen molar-refractivity contribution in [3.63, 3.8) is 0 Å². The first-order valence-electron chi connectivity index (χ1n) is 12.0. The smallest absolute Gasteiger partial charge is 0.154 e. The van der Waals surface area contributed by atoms with Crippen molar-refractivity contribution in [2.75, 3.05) is 23.5 Å². The SMILES string of the molecule is CN1CN(c2cccc(Oc3cnc4cnn(-c5cc(C(C)(C)C)ccn5)c4c3)c2)c2ccccc21. The lowest BCUT2D eigenvalue weighted by Gasteiger charge is -2.20. The number of para-hydroxylation sites is 2. The molecule has 5 aromatic rings. The molecule has 180 valence electrons. The van der Waals surface area contributed by atoms with Gasteiger partial charge in [0.05, 0.1) is 36.0 Å². The zero-order valence-corrected chi connectivity index (χ0v) is 20.9. The van der Waals surface area contributed by atoms with Gasteiger partial charge in [-0.2, -0.15) is 5.10 Å². The fourth-order valence-electron chi connectivity index (χ4n) is 4.58. The molecule has 7 heteroatoms. The first-order chi connectivity index (χ1) is 17.4. The van der Waals surface area contributed by atoms with Crippen molar-refractivity contribution in [1.82, 2.24) is 19.7 Å². The third-order valence-electron chi connectivity index (χ3n) is 6.53. The van der Waals surface area contributed by atoms with Gasteiger partial charge in [-0.3, -0.25) is 0 Å². The minimum Gasteiger partial charge on any atom is -0.456 e. The number of aromatic nitrogens is 4. The Bertz CT molecular complexity index is 1570. The minimum absolute atomic E-state index is 0.0167. The average molecular weight is 477 g/mol. The second-order valence-corrected chi connectivity index (χ2v) is 10.1. The second kappa shape index (κ2) is 8.37. The molecule has 0 bridgehead atoms. The topological polar surface area (TPSA) is 59.3 Å². The molecule has 36 heavy (non-hydrogen) atoms. The molecule has 0 atom stereocenters. The van der Waals surface area contributed by atoms with E-state index in [0.29, 0.717) is 5.75 Å². The van der Waals surface area contributed by atoms with Gasteiger partial charge in [0.1, 0.15) is 17.0 Å². The molecule has 3 aromatic heterocycles. The van der Waals surface area contributed by atoms with Gasteiger partial charge in [-0.1, -0.05) is 39.0 Å². The molecular formula is C29H28N6O. The number of hydrogen-bond acceptors (Lipinski definition) is 6. The summed E-state index contributed by atoms with van der Waals surface area (Å²) in [5.41, 5.74) is 6.33. The van der Waals surface area contributed by atoms with E-state index in [1.165, 1.54) is 16.9 Å². The zero-order valence-electron chi connectivity index (χ0n) is 20.9. The Morgan fingerprint density at radius 1 is 0.833 bits per heavy atom. The summed E-state index contributed by atoms with van der Waals surface area (Å²) < 4.78 is 8.09. The zero-order chi connectivity index (χ0) is 24.9. The molecule has 2 aromatic carbocycles. The van der Waals surface area contributed by atoms with Crippen LogP contribution in [0.2, 0.25) is 0 Å². The summed E-state index contributed by atoms with van der Waals surface area (Å²) in [5.74, 6) is 2.15. The minimum atomic E-state index is 0.0167. The molecule has 0 unspecified atom stereocenters. The van der Waals surface area contributed by atoms with E-state index in [2.05, 4.69) is 95.1 Å². The number of hydrogen-bond donors (Lipinski definition) is 0. The highest BCUT2D eigenvalue weighted by Gasteiger charge is 2.24. The standard InChI is InChI=1S/C29H28N6O/c1-29(2,3)20-12-13-30-28(14-20)35-27-16-23(17-31-24(27)18-32-35)36-22-9-7-8-21(15-22)34-19-33(4)25-10-5-6-11-26(25)34/h5-18H,19H2,1-4H3. The van der Waals surface area contributed by atoms with E-state index < -0.39 is 0 Å². The predicted octanol–water partition coefficient (Wildman–Crippen LogP) is 6.45. The Balaban J connectivity index is 1.31. The molecule has 0 saturated heterocycles. The highest BCUT2D eigenvalue weighted by Crippen LogP contribution is 2.40. The van der Waals surface area contributed by atoms with E-state index in [0.717, 1.165) is 35.0 Å². The van der Waals surface area contributed by atoms with Crippen LogP contribution in [0.5, 0.6) is 11.5 Å². The Morgan fingerprint density at radius 3 is 2.50 bits per heavy atom. The molecule has 1 aliphatic heterocycles. The number of nitrogens with zero attached hydrogens (tertiary/aromatic N) is 6. The van der Waals surface area contributed by atoms with Crippen LogP contribution in [0, 0.1) is 0 Å². The molecule has 4 heterocycles. The number of pyridine rings is 2. The molecule has 6 rings (SSSR count). The number of fused-ring (bicyclic) bond motifs is 2. The summed E-state index contributed by atoms with van der Waals surface area (Å²) in [4.78, 5) is 13.7. The van der Waals surface area contributed by atoms with Crippen molar-refractivity contribution in [1.29, 1.82) is 0 Å². The number of anilines is 3. The van der Waals surface area contributed by atoms with Gasteiger partial charge in [0, 0.05) is 31.1 Å². The summed E-state index contributed by atoms with van der Waals surface area (Å²) in [5, 5.41) is 4.56. The summed E-state index contributed by atoms with van der Waals surface area (Å²) >= 11 is 0. The molecule has 0 spiro atoms. The van der Waals surface area contributed by atoms with Crippen LogP contribution >= 0.6 is 0 Å². The van der Waals surface area contributed by atoms with E-state index in [9.17, 15) is 0 Å². The van der Waals surface area contributed by atoms with Gasteiger partial charge in [0.25, 0.3) is 0 Å². The van der Waals surface area contributed by atoms with Crippen LogP contribution in [0.4, 0.5) is 17.1 Å². The fourth-order valence-corrected chi connectivity index (χ4v) is 4.58. The molecule has 0 saturated carbocycles. The van der Waals surface area contributed by atoms with Gasteiger partial charge in [-0.05, 0) is 47.4 Å². The maximum Gasteiger partial charge on any atom is 0.154 e. The lowest BCUT2D eigenvalue weighted by atomic mass is 9.88. The van der Waals surface area contributed by atoms with E-state index in [1.54, 1.807) is 12.4 Å². The lowest BCUT2D eigenvalue weighted by Crippen LogP contribution is -2.23. The van der Waals surface area contributed by atoms with Crippen molar-refractivity contribution >= 4 is 28.1 Å². The third-order valence-corrected chi connectivity index (χ3v) is 6.53. The van der Waals surface area contributed by atoms with Crippen molar-refractivity contribution in [2.45, 2.75) is 26.2 Å². The van der Waals surface area contributed by atoms with Crippen LogP contribution in [0.1, 0.15) is 26.3 Å². The highest BCUT2D eigenvalue weighted by molar-refractivity contribution is 5.82. The first-order valence-corrected chi connectivity index (χ1v) is 12.0. The Hall–Kier alpha value is -4.39. The van der Waals surface area contributed by atoms with E-state index in [1.807, 2.05) is 35.1 Å². The molecule has 0 N–H and O–H groups in total. The summed E-state index contributed by atoms with van der Waals surface area (Å²) in [6.07, 6.45) is 5.32. The van der Waals surface area contributed by atoms with Crippen molar-refractivity contribution < 1.29 is 4.74 Å². The van der Waals surface area contributed by atoms with Gasteiger partial charge in [-0.15, -0.1) is 0 Å². The lowest BCUT2D eigenvalue weighted by molar-refractivity contribution is 0.481. The molecule has 0 amide bonds. The molecule has 0 radical (unpaired) electrons. The van der Waals surface area contributed by atoms with Crippen molar-refractivity contribution in [3.05, 3.63) is 90.9 Å². The second-order valence-electron chi connectivity index (χ2n) is 10.1. The van der Waals surface area contributed by atoms with Gasteiger partial charge >= 0.3 is 0 Å². The number of ether oxygens (including phenoxy) is 1. The third kappa shape index (κ3) is 3.92. The monoisotopic (exact) mass is 476 g/mol. The van der Waals surface area contributed by atoms with Crippen molar-refractivity contribution in [3.8, 4) is 17.3 Å². The van der Waals surface area contributed by atoms with Gasteiger partial charge < -0.3 is 14.5 Å². The normalized spacial score (nSPS) is 13.3. The Kier molecular flexibility index (Phi) is 5.14. The molecule has 0 fully saturated rings. The summed E-state index contributed by atoms with van der Waals surface area (Å²) in [6, 6.07) is 22.7. The van der Waals surface area contributed by atoms with Gasteiger partial charge in [-0.25, -0.2) is 14.6 Å². The maximum absolute atomic E-state index is 6.28. The van der Waals surface area contributed by atoms with E-state index in [4.69, 9.17) is 4.74 Å². The van der Waals surface area contributed by atoms with Crippen LogP contribution in [-0.2, 0) is 5.41 Å². The van der Waals surface area contributed by atoms with E-state index >= 15 is 0 Å². The number of benzene rings is 2. The first kappa shape index (κ1) is 22.1. The molecule has 0 aliphatic carbocycles. The van der Waals surface area contributed by atoms with Crippen LogP contribution in [-0.4, -0.2) is 33.5 Å². The van der Waals surface area contributed by atoms with E-state index in [-0.39, 0.29) is 5.41 Å². The van der Waals surface area contributed by atoms with Crippen LogP contribution in [0.25, 0.3) is 16.9 Å². The summed E-state index contributed by atoms with van der Waals surface area (Å²) in [6.45, 7) is 7.35. The van der Waals surface area contributed by atoms with Crippen LogP contribution in [0.15, 0.2) is 85.3 Å². The summed E-state index contributed by atoms with van der Waals surface area (Å²) in [7, 11) is 2.11.